The number of ether oxygens (including phenoxy) is 1. The fourth-order valence-electron chi connectivity index (χ4n) is 2.78. The smallest absolute Gasteiger partial charge is 0.269 e. The third kappa shape index (κ3) is 4.91. The minimum Gasteiger partial charge on any atom is -0.383 e. The average Bonchev–Trinajstić information content (AvgIpc) is 2.72. The summed E-state index contributed by atoms with van der Waals surface area (Å²) in [6.07, 6.45) is 1.68. The summed E-state index contributed by atoms with van der Waals surface area (Å²) in [6.45, 7) is 3.57. The molecule has 0 radical (unpaired) electrons. The van der Waals surface area contributed by atoms with Crippen LogP contribution in [-0.2, 0) is 4.74 Å². The molecule has 9 heteroatoms. The number of aromatic nitrogens is 1. The normalized spacial score (nSPS) is 13.9. The number of pyridine rings is 1. The molecule has 1 saturated heterocycles. The van der Waals surface area contributed by atoms with Crippen LogP contribution in [0, 0.1) is 10.1 Å². The molecule has 0 aliphatic carbocycles. The fraction of sp³-hybridized carbons (Fsp3) is 0.333. The molecule has 1 aromatic carbocycles. The van der Waals surface area contributed by atoms with Gasteiger partial charge in [-0.3, -0.25) is 14.9 Å². The molecule has 1 amide bonds. The average molecular weight is 371 g/mol. The van der Waals surface area contributed by atoms with E-state index in [-0.39, 0.29) is 11.6 Å². The number of morpholine rings is 1. The summed E-state index contributed by atoms with van der Waals surface area (Å²) >= 11 is 0. The number of carbonyl (C=O) groups is 1. The summed E-state index contributed by atoms with van der Waals surface area (Å²) in [5.74, 6) is 0.483. The summed E-state index contributed by atoms with van der Waals surface area (Å²) < 4.78 is 5.35. The first-order chi connectivity index (χ1) is 13.1. The molecule has 27 heavy (non-hydrogen) atoms. The van der Waals surface area contributed by atoms with Gasteiger partial charge < -0.3 is 20.3 Å². The Morgan fingerprint density at radius 1 is 1.19 bits per heavy atom. The monoisotopic (exact) mass is 371 g/mol. The molecule has 1 fully saturated rings. The summed E-state index contributed by atoms with van der Waals surface area (Å²) in [5, 5.41) is 16.6. The molecule has 142 valence electrons. The molecule has 1 aliphatic heterocycles. The summed E-state index contributed by atoms with van der Waals surface area (Å²) in [7, 11) is 0. The highest BCUT2D eigenvalue weighted by Crippen LogP contribution is 2.18. The Hall–Kier alpha value is -3.20. The van der Waals surface area contributed by atoms with Crippen LogP contribution in [0.5, 0.6) is 0 Å². The molecule has 0 bridgehead atoms. The lowest BCUT2D eigenvalue weighted by Crippen LogP contribution is -2.38. The topological polar surface area (TPSA) is 110 Å². The maximum Gasteiger partial charge on any atom is 0.269 e. The molecule has 3 rings (SSSR count). The molecular weight excluding hydrogens is 350 g/mol. The minimum absolute atomic E-state index is 0.0427. The van der Waals surface area contributed by atoms with Crippen molar-refractivity contribution in [3.05, 3.63) is 58.3 Å². The third-order valence-electron chi connectivity index (χ3n) is 4.16. The Morgan fingerprint density at radius 3 is 2.63 bits per heavy atom. The summed E-state index contributed by atoms with van der Waals surface area (Å²) in [6, 6.07) is 9.65. The molecule has 9 nitrogen and oxygen atoms in total. The van der Waals surface area contributed by atoms with Crippen molar-refractivity contribution in [3.63, 3.8) is 0 Å². The standard InChI is InChI=1S/C18H21N5O4/c24-18(16-2-1-7-20-17(16)22-10-12-27-13-11-22)21-9-8-19-14-3-5-15(6-4-14)23(25)26/h1-7,19H,8-13H2,(H,21,24). The zero-order valence-corrected chi connectivity index (χ0v) is 14.8. The van der Waals surface area contributed by atoms with Crippen molar-refractivity contribution >= 4 is 23.1 Å². The van der Waals surface area contributed by atoms with E-state index in [0.29, 0.717) is 50.8 Å². The van der Waals surface area contributed by atoms with Crippen molar-refractivity contribution in [1.82, 2.24) is 10.3 Å². The maximum absolute atomic E-state index is 12.5. The van der Waals surface area contributed by atoms with Gasteiger partial charge in [-0.2, -0.15) is 0 Å². The van der Waals surface area contributed by atoms with E-state index in [1.54, 1.807) is 30.5 Å². The number of anilines is 2. The summed E-state index contributed by atoms with van der Waals surface area (Å²) in [4.78, 5) is 29.1. The quantitative estimate of drug-likeness (QED) is 0.433. The van der Waals surface area contributed by atoms with Gasteiger partial charge in [-0.05, 0) is 24.3 Å². The minimum atomic E-state index is -0.441. The third-order valence-corrected chi connectivity index (χ3v) is 4.16. The first kappa shape index (κ1) is 18.6. The number of benzene rings is 1. The van der Waals surface area contributed by atoms with Gasteiger partial charge in [0.1, 0.15) is 5.82 Å². The van der Waals surface area contributed by atoms with Crippen molar-refractivity contribution in [2.75, 3.05) is 49.6 Å². The second kappa shape index (κ2) is 8.95. The lowest BCUT2D eigenvalue weighted by Gasteiger charge is -2.29. The van der Waals surface area contributed by atoms with E-state index < -0.39 is 4.92 Å². The maximum atomic E-state index is 12.5. The number of nitrogens with zero attached hydrogens (tertiary/aromatic N) is 3. The van der Waals surface area contributed by atoms with Gasteiger partial charge in [0.15, 0.2) is 0 Å². The van der Waals surface area contributed by atoms with Crippen LogP contribution in [0.1, 0.15) is 10.4 Å². The van der Waals surface area contributed by atoms with E-state index in [4.69, 9.17) is 4.74 Å². The summed E-state index contributed by atoms with van der Waals surface area (Å²) in [5.41, 5.74) is 1.33. The number of nitrogens with one attached hydrogen (secondary N) is 2. The van der Waals surface area contributed by atoms with E-state index in [1.165, 1.54) is 12.1 Å². The van der Waals surface area contributed by atoms with Crippen LogP contribution >= 0.6 is 0 Å². The highest BCUT2D eigenvalue weighted by molar-refractivity contribution is 5.98. The van der Waals surface area contributed by atoms with Crippen molar-refractivity contribution in [2.45, 2.75) is 0 Å². The number of nitro groups is 1. The zero-order chi connectivity index (χ0) is 19.1. The second-order valence-electron chi connectivity index (χ2n) is 5.96. The molecular formula is C18H21N5O4. The van der Waals surface area contributed by atoms with Crippen molar-refractivity contribution in [1.29, 1.82) is 0 Å². The number of hydrogen-bond donors (Lipinski definition) is 2. The van der Waals surface area contributed by atoms with Gasteiger partial charge in [-0.1, -0.05) is 0 Å². The fourth-order valence-corrected chi connectivity index (χ4v) is 2.78. The van der Waals surface area contributed by atoms with Gasteiger partial charge in [0.05, 0.1) is 23.7 Å². The first-order valence-corrected chi connectivity index (χ1v) is 8.69. The van der Waals surface area contributed by atoms with E-state index in [0.717, 1.165) is 5.69 Å². The highest BCUT2D eigenvalue weighted by atomic mass is 16.6. The number of amides is 1. The highest BCUT2D eigenvalue weighted by Gasteiger charge is 2.19. The van der Waals surface area contributed by atoms with Crippen LogP contribution in [0.4, 0.5) is 17.2 Å². The molecule has 0 unspecified atom stereocenters. The number of nitro benzene ring substituents is 1. The van der Waals surface area contributed by atoms with Crippen molar-refractivity contribution < 1.29 is 14.5 Å². The largest absolute Gasteiger partial charge is 0.383 e. The van der Waals surface area contributed by atoms with Gasteiger partial charge in [0.2, 0.25) is 0 Å². The van der Waals surface area contributed by atoms with Crippen molar-refractivity contribution in [3.8, 4) is 0 Å². The first-order valence-electron chi connectivity index (χ1n) is 8.69. The predicted molar refractivity (Wildman–Crippen MR) is 101 cm³/mol. The Bertz CT molecular complexity index is 791. The molecule has 2 N–H and O–H groups in total. The van der Waals surface area contributed by atoms with Crippen LogP contribution in [-0.4, -0.2) is 55.2 Å². The SMILES string of the molecule is O=C(NCCNc1ccc([N+](=O)[O-])cc1)c1cccnc1N1CCOCC1. The number of hydrogen-bond acceptors (Lipinski definition) is 7. The number of non-ortho nitro benzene ring substituents is 1. The van der Waals surface area contributed by atoms with E-state index >= 15 is 0 Å². The van der Waals surface area contributed by atoms with Gasteiger partial charge >= 0.3 is 0 Å². The van der Waals surface area contributed by atoms with Crippen molar-refractivity contribution in [2.24, 2.45) is 0 Å². The lowest BCUT2D eigenvalue weighted by molar-refractivity contribution is -0.384. The molecule has 0 spiro atoms. The van der Waals surface area contributed by atoms with E-state index in [1.807, 2.05) is 4.90 Å². The molecule has 0 saturated carbocycles. The van der Waals surface area contributed by atoms with E-state index in [2.05, 4.69) is 15.6 Å². The number of rotatable bonds is 7. The molecule has 0 atom stereocenters. The van der Waals surface area contributed by atoms with Gasteiger partial charge in [-0.15, -0.1) is 0 Å². The van der Waals surface area contributed by atoms with Crippen LogP contribution in [0.15, 0.2) is 42.6 Å². The molecule has 2 aromatic rings. The second-order valence-corrected chi connectivity index (χ2v) is 5.96. The molecule has 2 heterocycles. The Morgan fingerprint density at radius 2 is 1.93 bits per heavy atom. The van der Waals surface area contributed by atoms with Gasteiger partial charge in [0.25, 0.3) is 11.6 Å². The van der Waals surface area contributed by atoms with Gasteiger partial charge in [-0.25, -0.2) is 4.98 Å². The molecule has 1 aliphatic rings. The van der Waals surface area contributed by atoms with E-state index in [9.17, 15) is 14.9 Å². The van der Waals surface area contributed by atoms with Crippen LogP contribution in [0.25, 0.3) is 0 Å². The van der Waals surface area contributed by atoms with Gasteiger partial charge in [0, 0.05) is 50.2 Å². The zero-order valence-electron chi connectivity index (χ0n) is 14.8. The van der Waals surface area contributed by atoms with Crippen LogP contribution in [0.3, 0.4) is 0 Å². The Kier molecular flexibility index (Phi) is 6.16. The van der Waals surface area contributed by atoms with Crippen LogP contribution in [0.2, 0.25) is 0 Å². The Balaban J connectivity index is 1.51. The van der Waals surface area contributed by atoms with Crippen LogP contribution < -0.4 is 15.5 Å². The Labute approximate surface area is 156 Å². The number of carbonyl (C=O) groups excluding carboxylic acids is 1. The molecule has 1 aromatic heterocycles. The predicted octanol–water partition coefficient (Wildman–Crippen LogP) is 1.67. The lowest BCUT2D eigenvalue weighted by atomic mass is 10.2.